The first kappa shape index (κ1) is 31.7. The number of carbonyl (C=O) groups excluding carboxylic acids is 2. The molecule has 44 heavy (non-hydrogen) atoms. The number of hydrogen-bond donors (Lipinski definition) is 2. The molecule has 0 bridgehead atoms. The molecule has 2 amide bonds. The van der Waals surface area contributed by atoms with Crippen molar-refractivity contribution in [1.29, 1.82) is 0 Å². The second-order valence-corrected chi connectivity index (χ2v) is 14.7. The van der Waals surface area contributed by atoms with E-state index in [0.717, 1.165) is 27.8 Å². The summed E-state index contributed by atoms with van der Waals surface area (Å²) in [5.74, 6) is -0.204. The van der Waals surface area contributed by atoms with Crippen LogP contribution >= 0.6 is 11.3 Å². The molecule has 0 saturated carbocycles. The van der Waals surface area contributed by atoms with Crippen molar-refractivity contribution in [3.8, 4) is 5.75 Å². The molecular formula is C32H38N4O6S2. The lowest BCUT2D eigenvalue weighted by molar-refractivity contribution is -0.134. The summed E-state index contributed by atoms with van der Waals surface area (Å²) >= 11 is 1.15. The summed E-state index contributed by atoms with van der Waals surface area (Å²) in [5.41, 5.74) is 3.04. The number of amides is 2. The standard InChI is InChI=1S/C32H38N4O6S2/c1-21-17-36(22(2)20-37)31(39)16-23-14-25(33-30(38)15-24-18-34(3)27-9-6-5-8-26(24)27)11-12-28(23)42-29(21)19-35(4)44(40,41)32-10-7-13-43-32/h5-14,18,21-22,29,37H,15-17,19-20H2,1-4H3,(H,33,38)/t21-,22-,29-/m0/s1. The Bertz CT molecular complexity index is 1750. The van der Waals surface area contributed by atoms with Gasteiger partial charge in [-0.05, 0) is 48.2 Å². The SMILES string of the molecule is C[C@H]1CN([C@@H](C)CO)C(=O)Cc2cc(NC(=O)Cc3cn(C)c4ccccc34)ccc2O[C@H]1CN(C)S(=O)(=O)c1cccs1. The van der Waals surface area contributed by atoms with Crippen molar-refractivity contribution < 1.29 is 27.9 Å². The summed E-state index contributed by atoms with van der Waals surface area (Å²) in [6.45, 7) is 3.80. The fourth-order valence-electron chi connectivity index (χ4n) is 5.59. The van der Waals surface area contributed by atoms with E-state index in [9.17, 15) is 23.1 Å². The number of likely N-dealkylation sites (N-methyl/N-ethyl adjacent to an activating group) is 1. The maximum Gasteiger partial charge on any atom is 0.252 e. The molecule has 0 aliphatic carbocycles. The number of para-hydroxylation sites is 1. The minimum Gasteiger partial charge on any atom is -0.488 e. The number of aromatic nitrogens is 1. The van der Waals surface area contributed by atoms with Crippen molar-refractivity contribution in [3.63, 3.8) is 0 Å². The van der Waals surface area contributed by atoms with Crippen LogP contribution in [0.1, 0.15) is 25.0 Å². The van der Waals surface area contributed by atoms with Crippen molar-refractivity contribution in [3.05, 3.63) is 77.3 Å². The molecule has 3 atom stereocenters. The minimum absolute atomic E-state index is 0.00448. The number of carbonyl (C=O) groups is 2. The van der Waals surface area contributed by atoms with Crippen LogP contribution in [0.4, 0.5) is 5.69 Å². The molecule has 0 radical (unpaired) electrons. The summed E-state index contributed by atoms with van der Waals surface area (Å²) in [6, 6.07) is 15.9. The normalized spacial score (nSPS) is 18.3. The van der Waals surface area contributed by atoms with Gasteiger partial charge in [-0.25, -0.2) is 8.42 Å². The molecule has 2 N–H and O–H groups in total. The van der Waals surface area contributed by atoms with E-state index in [0.29, 0.717) is 17.0 Å². The van der Waals surface area contributed by atoms with Gasteiger partial charge in [-0.3, -0.25) is 9.59 Å². The fourth-order valence-corrected chi connectivity index (χ4v) is 7.97. The monoisotopic (exact) mass is 638 g/mol. The summed E-state index contributed by atoms with van der Waals surface area (Å²) in [7, 11) is -0.260. The van der Waals surface area contributed by atoms with Crippen LogP contribution in [0.2, 0.25) is 0 Å². The van der Waals surface area contributed by atoms with E-state index in [-0.39, 0.29) is 54.5 Å². The summed E-state index contributed by atoms with van der Waals surface area (Å²) in [5, 5.41) is 15.6. The van der Waals surface area contributed by atoms with Crippen LogP contribution in [-0.4, -0.2) is 78.0 Å². The van der Waals surface area contributed by atoms with Gasteiger partial charge in [-0.2, -0.15) is 4.31 Å². The van der Waals surface area contributed by atoms with Crippen LogP contribution in [0.25, 0.3) is 10.9 Å². The van der Waals surface area contributed by atoms with E-state index >= 15 is 0 Å². The van der Waals surface area contributed by atoms with Gasteiger partial charge in [0, 0.05) is 54.9 Å². The molecule has 0 saturated heterocycles. The van der Waals surface area contributed by atoms with Gasteiger partial charge in [-0.1, -0.05) is 31.2 Å². The molecule has 1 aliphatic rings. The fraction of sp³-hybridized carbons (Fsp3) is 0.375. The zero-order valence-electron chi connectivity index (χ0n) is 25.3. The third-order valence-electron chi connectivity index (χ3n) is 8.13. The first-order valence-corrected chi connectivity index (χ1v) is 16.8. The van der Waals surface area contributed by atoms with Crippen LogP contribution in [0, 0.1) is 5.92 Å². The molecule has 0 spiro atoms. The summed E-state index contributed by atoms with van der Waals surface area (Å²) < 4.78 is 36.4. The van der Waals surface area contributed by atoms with Gasteiger partial charge in [0.1, 0.15) is 16.1 Å². The number of ether oxygens (including phenoxy) is 1. The second-order valence-electron chi connectivity index (χ2n) is 11.4. The topological polar surface area (TPSA) is 121 Å². The number of aryl methyl sites for hydroxylation is 1. The molecular weight excluding hydrogens is 601 g/mol. The number of thiophene rings is 1. The van der Waals surface area contributed by atoms with Crippen LogP contribution < -0.4 is 10.1 Å². The first-order chi connectivity index (χ1) is 21.0. The maximum atomic E-state index is 13.5. The van der Waals surface area contributed by atoms with E-state index in [4.69, 9.17) is 4.74 Å². The second kappa shape index (κ2) is 13.1. The van der Waals surface area contributed by atoms with Gasteiger partial charge in [-0.15, -0.1) is 11.3 Å². The van der Waals surface area contributed by atoms with Crippen molar-refractivity contribution in [2.75, 3.05) is 32.1 Å². The molecule has 4 aromatic rings. The number of nitrogens with zero attached hydrogens (tertiary/aromatic N) is 3. The number of anilines is 1. The molecule has 234 valence electrons. The van der Waals surface area contributed by atoms with Crippen molar-refractivity contribution >= 4 is 49.8 Å². The van der Waals surface area contributed by atoms with Gasteiger partial charge in [0.25, 0.3) is 10.0 Å². The van der Waals surface area contributed by atoms with E-state index < -0.39 is 22.2 Å². The Morgan fingerprint density at radius 3 is 2.70 bits per heavy atom. The van der Waals surface area contributed by atoms with Crippen molar-refractivity contribution in [2.45, 2.75) is 43.0 Å². The molecule has 0 fully saturated rings. The zero-order valence-corrected chi connectivity index (χ0v) is 26.9. The summed E-state index contributed by atoms with van der Waals surface area (Å²) in [6.07, 6.45) is 1.53. The molecule has 5 rings (SSSR count). The van der Waals surface area contributed by atoms with Crippen molar-refractivity contribution in [2.24, 2.45) is 13.0 Å². The Balaban J connectivity index is 1.41. The molecule has 10 nitrogen and oxygen atoms in total. The smallest absolute Gasteiger partial charge is 0.252 e. The van der Waals surface area contributed by atoms with Crippen LogP contribution in [0.15, 0.2) is 70.4 Å². The number of fused-ring (bicyclic) bond motifs is 2. The summed E-state index contributed by atoms with van der Waals surface area (Å²) in [4.78, 5) is 28.3. The molecule has 2 aromatic carbocycles. The molecule has 1 aliphatic heterocycles. The molecule has 3 heterocycles. The predicted molar refractivity (Wildman–Crippen MR) is 171 cm³/mol. The quantitative estimate of drug-likeness (QED) is 0.287. The number of hydrogen-bond acceptors (Lipinski definition) is 7. The average Bonchev–Trinajstić information content (AvgIpc) is 3.65. The number of nitrogens with one attached hydrogen (secondary N) is 1. The lowest BCUT2D eigenvalue weighted by atomic mass is 10.0. The Morgan fingerprint density at radius 2 is 1.98 bits per heavy atom. The van der Waals surface area contributed by atoms with Crippen LogP contribution in [0.5, 0.6) is 5.75 Å². The maximum absolute atomic E-state index is 13.5. The Hall–Kier alpha value is -3.71. The van der Waals surface area contributed by atoms with E-state index in [1.54, 1.807) is 47.5 Å². The predicted octanol–water partition coefficient (Wildman–Crippen LogP) is 3.89. The van der Waals surface area contributed by atoms with Gasteiger partial charge in [0.15, 0.2) is 0 Å². The zero-order chi connectivity index (χ0) is 31.6. The largest absolute Gasteiger partial charge is 0.488 e. The first-order valence-electron chi connectivity index (χ1n) is 14.5. The number of benzene rings is 2. The third-order valence-corrected chi connectivity index (χ3v) is 11.3. The van der Waals surface area contributed by atoms with Crippen molar-refractivity contribution in [1.82, 2.24) is 13.8 Å². The molecule has 0 unspecified atom stereocenters. The van der Waals surface area contributed by atoms with E-state index in [1.807, 2.05) is 49.0 Å². The molecule has 12 heteroatoms. The van der Waals surface area contributed by atoms with Gasteiger partial charge < -0.3 is 24.6 Å². The van der Waals surface area contributed by atoms with E-state index in [2.05, 4.69) is 5.32 Å². The van der Waals surface area contributed by atoms with Crippen LogP contribution in [-0.2, 0) is 39.5 Å². The van der Waals surface area contributed by atoms with E-state index in [1.165, 1.54) is 11.4 Å². The van der Waals surface area contributed by atoms with Gasteiger partial charge in [0.2, 0.25) is 11.8 Å². The highest BCUT2D eigenvalue weighted by atomic mass is 32.2. The Labute approximate surface area is 261 Å². The number of sulfonamides is 1. The Kier molecular flexibility index (Phi) is 9.45. The highest BCUT2D eigenvalue weighted by Crippen LogP contribution is 2.30. The van der Waals surface area contributed by atoms with Gasteiger partial charge >= 0.3 is 0 Å². The minimum atomic E-state index is -3.73. The lowest BCUT2D eigenvalue weighted by Gasteiger charge is -2.33. The van der Waals surface area contributed by atoms with Gasteiger partial charge in [0.05, 0.1) is 32.0 Å². The lowest BCUT2D eigenvalue weighted by Crippen LogP contribution is -2.48. The highest BCUT2D eigenvalue weighted by molar-refractivity contribution is 7.91. The average molecular weight is 639 g/mol. The number of aliphatic hydroxyl groups excluding tert-OH is 1. The Morgan fingerprint density at radius 1 is 1.20 bits per heavy atom. The number of aliphatic hydroxyl groups is 1. The third kappa shape index (κ3) is 6.68. The number of rotatable bonds is 9. The van der Waals surface area contributed by atoms with Crippen LogP contribution in [0.3, 0.4) is 0 Å². The highest BCUT2D eigenvalue weighted by Gasteiger charge is 2.33. The molecule has 2 aromatic heterocycles.